The summed E-state index contributed by atoms with van der Waals surface area (Å²) in [6.45, 7) is 3.85. The second-order valence-corrected chi connectivity index (χ2v) is 10.8. The van der Waals surface area contributed by atoms with E-state index in [1.54, 1.807) is 40.1 Å². The van der Waals surface area contributed by atoms with Crippen molar-refractivity contribution in [1.82, 2.24) is 19.4 Å². The monoisotopic (exact) mass is 514 g/mol. The Morgan fingerprint density at radius 2 is 1.91 bits per heavy atom. The standard InChI is InChI=1S/C23H23FN6O3S2/c1-16(30-9-7-17-3-2-4-19(24)21(17)30)22(31)29-12-10-28(11-13-29)20-6-5-18(15-26-20)35(32,33)27-23-25-8-14-34-23/h2-9,14-16H,10-13H2,1H3,(H,25,27)/t16-/m1/s1. The number of carbonyl (C=O) groups excluding carboxylic acids is 1. The number of nitrogens with zero attached hydrogens (tertiary/aromatic N) is 5. The van der Waals surface area contributed by atoms with Gasteiger partial charge in [-0.15, -0.1) is 11.3 Å². The minimum atomic E-state index is -3.77. The number of para-hydroxylation sites is 1. The molecular formula is C23H23FN6O3S2. The van der Waals surface area contributed by atoms with Crippen LogP contribution in [0.2, 0.25) is 0 Å². The Hall–Kier alpha value is -3.51. The van der Waals surface area contributed by atoms with Gasteiger partial charge in [-0.3, -0.25) is 9.52 Å². The van der Waals surface area contributed by atoms with Crippen LogP contribution in [0.1, 0.15) is 13.0 Å². The van der Waals surface area contributed by atoms with Gasteiger partial charge < -0.3 is 14.4 Å². The second kappa shape index (κ2) is 9.27. The molecule has 1 atom stereocenters. The van der Waals surface area contributed by atoms with Gasteiger partial charge in [0.15, 0.2) is 5.13 Å². The quantitative estimate of drug-likeness (QED) is 0.424. The minimum Gasteiger partial charge on any atom is -0.353 e. The fourth-order valence-electron chi connectivity index (χ4n) is 4.20. The summed E-state index contributed by atoms with van der Waals surface area (Å²) >= 11 is 1.19. The predicted octanol–water partition coefficient (Wildman–Crippen LogP) is 3.34. The van der Waals surface area contributed by atoms with Gasteiger partial charge in [0, 0.05) is 55.5 Å². The number of thiazole rings is 1. The van der Waals surface area contributed by atoms with Crippen molar-refractivity contribution < 1.29 is 17.6 Å². The van der Waals surface area contributed by atoms with E-state index in [1.165, 1.54) is 35.9 Å². The number of nitrogens with one attached hydrogen (secondary N) is 1. The maximum absolute atomic E-state index is 14.4. The highest BCUT2D eigenvalue weighted by Gasteiger charge is 2.27. The lowest BCUT2D eigenvalue weighted by atomic mass is 10.2. The molecule has 1 fully saturated rings. The minimum absolute atomic E-state index is 0.0465. The summed E-state index contributed by atoms with van der Waals surface area (Å²) in [5.41, 5.74) is 0.426. The molecule has 3 aromatic heterocycles. The van der Waals surface area contributed by atoms with Gasteiger partial charge in [0.05, 0.1) is 5.52 Å². The molecule has 0 unspecified atom stereocenters. The van der Waals surface area contributed by atoms with Crippen molar-refractivity contribution in [2.75, 3.05) is 35.8 Å². The van der Waals surface area contributed by atoms with Crippen LogP contribution in [0, 0.1) is 5.82 Å². The molecule has 1 aromatic carbocycles. The van der Waals surface area contributed by atoms with Crippen LogP contribution in [0.15, 0.2) is 65.3 Å². The van der Waals surface area contributed by atoms with Crippen LogP contribution in [-0.4, -0.2) is 59.9 Å². The fourth-order valence-corrected chi connectivity index (χ4v) is 5.94. The van der Waals surface area contributed by atoms with Gasteiger partial charge in [-0.2, -0.15) is 0 Å². The first-order valence-electron chi connectivity index (χ1n) is 11.0. The Morgan fingerprint density at radius 3 is 2.60 bits per heavy atom. The van der Waals surface area contributed by atoms with Crippen molar-refractivity contribution in [2.45, 2.75) is 17.9 Å². The largest absolute Gasteiger partial charge is 0.353 e. The van der Waals surface area contributed by atoms with Crippen LogP contribution in [0.3, 0.4) is 0 Å². The molecule has 0 bridgehead atoms. The van der Waals surface area contributed by atoms with Gasteiger partial charge in [-0.25, -0.2) is 22.8 Å². The summed E-state index contributed by atoms with van der Waals surface area (Å²) in [4.78, 5) is 25.2. The molecule has 0 saturated carbocycles. The fraction of sp³-hybridized carbons (Fsp3) is 0.261. The van der Waals surface area contributed by atoms with Crippen LogP contribution < -0.4 is 9.62 Å². The highest BCUT2D eigenvalue weighted by Crippen LogP contribution is 2.25. The lowest BCUT2D eigenvalue weighted by Crippen LogP contribution is -2.50. The third kappa shape index (κ3) is 4.58. The maximum Gasteiger partial charge on any atom is 0.265 e. The van der Waals surface area contributed by atoms with Gasteiger partial charge >= 0.3 is 0 Å². The molecule has 1 aliphatic rings. The zero-order chi connectivity index (χ0) is 24.6. The van der Waals surface area contributed by atoms with E-state index < -0.39 is 16.1 Å². The van der Waals surface area contributed by atoms with Crippen molar-refractivity contribution in [1.29, 1.82) is 0 Å². The first-order valence-corrected chi connectivity index (χ1v) is 13.4. The molecule has 0 radical (unpaired) electrons. The number of carbonyl (C=O) groups is 1. The number of rotatable bonds is 6. The molecule has 1 amide bonds. The normalized spacial score (nSPS) is 15.4. The van der Waals surface area contributed by atoms with Crippen LogP contribution >= 0.6 is 11.3 Å². The van der Waals surface area contributed by atoms with E-state index in [9.17, 15) is 17.6 Å². The van der Waals surface area contributed by atoms with Crippen molar-refractivity contribution in [3.05, 3.63) is 66.2 Å². The summed E-state index contributed by atoms with van der Waals surface area (Å²) in [6, 6.07) is 9.30. The van der Waals surface area contributed by atoms with Crippen molar-refractivity contribution in [2.24, 2.45) is 0 Å². The highest BCUT2D eigenvalue weighted by molar-refractivity contribution is 7.93. The van der Waals surface area contributed by atoms with E-state index >= 15 is 0 Å². The smallest absolute Gasteiger partial charge is 0.265 e. The molecule has 182 valence electrons. The summed E-state index contributed by atoms with van der Waals surface area (Å²) < 4.78 is 43.5. The van der Waals surface area contributed by atoms with E-state index in [2.05, 4.69) is 14.7 Å². The number of fused-ring (bicyclic) bond motifs is 1. The highest BCUT2D eigenvalue weighted by atomic mass is 32.2. The Bertz CT molecular complexity index is 1450. The lowest BCUT2D eigenvalue weighted by Gasteiger charge is -2.36. The summed E-state index contributed by atoms with van der Waals surface area (Å²) in [5, 5.41) is 2.73. The number of aromatic nitrogens is 3. The Morgan fingerprint density at radius 1 is 1.11 bits per heavy atom. The van der Waals surface area contributed by atoms with Crippen molar-refractivity contribution in [3.63, 3.8) is 0 Å². The second-order valence-electron chi connectivity index (χ2n) is 8.18. The number of hydrogen-bond acceptors (Lipinski definition) is 7. The van der Waals surface area contributed by atoms with Crippen LogP contribution in [0.4, 0.5) is 15.3 Å². The predicted molar refractivity (Wildman–Crippen MR) is 133 cm³/mol. The van der Waals surface area contributed by atoms with Gasteiger partial charge in [0.2, 0.25) is 5.91 Å². The van der Waals surface area contributed by atoms with E-state index in [0.717, 1.165) is 5.39 Å². The average Bonchev–Trinajstić information content (AvgIpc) is 3.54. The number of pyridine rings is 1. The molecule has 1 saturated heterocycles. The number of anilines is 2. The summed E-state index contributed by atoms with van der Waals surface area (Å²) in [6.07, 6.45) is 4.58. The molecule has 0 aliphatic carbocycles. The molecule has 4 aromatic rings. The number of halogens is 1. The Kier molecular flexibility index (Phi) is 6.15. The summed E-state index contributed by atoms with van der Waals surface area (Å²) in [7, 11) is -3.77. The number of benzene rings is 1. The number of amides is 1. The molecule has 1 aliphatic heterocycles. The molecule has 12 heteroatoms. The first-order chi connectivity index (χ1) is 16.8. The molecule has 0 spiro atoms. The van der Waals surface area contributed by atoms with Gasteiger partial charge in [0.25, 0.3) is 10.0 Å². The third-order valence-electron chi connectivity index (χ3n) is 6.07. The molecular weight excluding hydrogens is 491 g/mol. The van der Waals surface area contributed by atoms with Crippen LogP contribution in [0.5, 0.6) is 0 Å². The van der Waals surface area contributed by atoms with Crippen LogP contribution in [-0.2, 0) is 14.8 Å². The number of piperazine rings is 1. The van der Waals surface area contributed by atoms with Gasteiger partial charge in [-0.1, -0.05) is 12.1 Å². The molecule has 1 N–H and O–H groups in total. The van der Waals surface area contributed by atoms with Crippen molar-refractivity contribution >= 4 is 49.1 Å². The van der Waals surface area contributed by atoms with E-state index in [1.807, 2.05) is 17.0 Å². The van der Waals surface area contributed by atoms with Crippen molar-refractivity contribution in [3.8, 4) is 0 Å². The topological polar surface area (TPSA) is 100 Å². The maximum atomic E-state index is 14.4. The molecule has 5 rings (SSSR count). The van der Waals surface area contributed by atoms with E-state index in [4.69, 9.17) is 0 Å². The zero-order valence-corrected chi connectivity index (χ0v) is 20.5. The first kappa shape index (κ1) is 23.2. The molecule has 9 nitrogen and oxygen atoms in total. The zero-order valence-electron chi connectivity index (χ0n) is 18.8. The molecule has 35 heavy (non-hydrogen) atoms. The van der Waals surface area contributed by atoms with E-state index in [0.29, 0.717) is 42.6 Å². The van der Waals surface area contributed by atoms with Gasteiger partial charge in [0.1, 0.15) is 22.6 Å². The molecule has 4 heterocycles. The van der Waals surface area contributed by atoms with E-state index in [-0.39, 0.29) is 16.6 Å². The third-order valence-corrected chi connectivity index (χ3v) is 8.21. The van der Waals surface area contributed by atoms with Crippen LogP contribution in [0.25, 0.3) is 10.9 Å². The number of hydrogen-bond donors (Lipinski definition) is 1. The Labute approximate surface area is 205 Å². The number of sulfonamides is 1. The Balaban J connectivity index is 1.22. The van der Waals surface area contributed by atoms with Gasteiger partial charge in [-0.05, 0) is 31.2 Å². The summed E-state index contributed by atoms with van der Waals surface area (Å²) in [5.74, 6) is 0.209. The average molecular weight is 515 g/mol. The SMILES string of the molecule is C[C@H](C(=O)N1CCN(c2ccc(S(=O)(=O)Nc3nccs3)cn2)CC1)n1ccc2cccc(F)c21. The lowest BCUT2D eigenvalue weighted by molar-refractivity contribution is -0.134.